The van der Waals surface area contributed by atoms with Gasteiger partial charge < -0.3 is 19.7 Å². The summed E-state index contributed by atoms with van der Waals surface area (Å²) in [4.78, 5) is 15.4. The van der Waals surface area contributed by atoms with Crippen LogP contribution >= 0.6 is 0 Å². The lowest BCUT2D eigenvalue weighted by molar-refractivity contribution is -0.142. The lowest BCUT2D eigenvalue weighted by Gasteiger charge is -2.36. The number of methoxy groups -OCH3 is 1. The second-order valence-corrected chi connectivity index (χ2v) is 9.11. The molecule has 1 unspecified atom stereocenters. The Morgan fingerprint density at radius 2 is 1.86 bits per heavy atom. The number of carbonyl (C=O) groups excluding carboxylic acids is 1. The number of hydrogen-bond acceptors (Lipinski definition) is 4. The van der Waals surface area contributed by atoms with Gasteiger partial charge >= 0.3 is 0 Å². The first kappa shape index (κ1) is 22.1. The van der Waals surface area contributed by atoms with E-state index in [0.717, 1.165) is 62.6 Å². The molecule has 1 N–H and O–H groups in total. The van der Waals surface area contributed by atoms with E-state index in [0.29, 0.717) is 5.92 Å². The third-order valence-electron chi connectivity index (χ3n) is 6.63. The number of amides is 1. The van der Waals surface area contributed by atoms with E-state index in [9.17, 15) is 4.79 Å². The first-order valence-corrected chi connectivity index (χ1v) is 11.3. The second-order valence-electron chi connectivity index (χ2n) is 9.11. The number of likely N-dealkylation sites (tertiary alicyclic amines) is 1. The topological polar surface area (TPSA) is 50.8 Å². The molecule has 5 nitrogen and oxygen atoms in total. The van der Waals surface area contributed by atoms with Gasteiger partial charge in [-0.1, -0.05) is 13.8 Å². The van der Waals surface area contributed by atoms with Crippen LogP contribution in [0, 0.1) is 11.8 Å². The number of nitrogens with one attached hydrogen (secondary N) is 1. The number of anilines is 1. The fourth-order valence-corrected chi connectivity index (χ4v) is 4.60. The monoisotopic (exact) mass is 402 g/mol. The van der Waals surface area contributed by atoms with Crippen molar-refractivity contribution in [3.8, 4) is 5.75 Å². The molecule has 1 aliphatic heterocycles. The Morgan fingerprint density at radius 3 is 2.52 bits per heavy atom. The summed E-state index contributed by atoms with van der Waals surface area (Å²) in [6.45, 7) is 8.85. The SMILES string of the molecule is COC1(C(=O)Nc2ccc(OCCCN3CCCC(C)C3)cc2)CCC(C)CC1. The van der Waals surface area contributed by atoms with Gasteiger partial charge in [-0.15, -0.1) is 0 Å². The second kappa shape index (κ2) is 10.4. The number of piperidine rings is 1. The molecule has 1 saturated carbocycles. The normalized spacial score (nSPS) is 28.1. The summed E-state index contributed by atoms with van der Waals surface area (Å²) >= 11 is 0. The molecule has 1 heterocycles. The van der Waals surface area contributed by atoms with Crippen LogP contribution in [0.5, 0.6) is 5.75 Å². The van der Waals surface area contributed by atoms with Crippen molar-refractivity contribution in [1.29, 1.82) is 0 Å². The highest BCUT2D eigenvalue weighted by Gasteiger charge is 2.41. The van der Waals surface area contributed by atoms with Crippen molar-refractivity contribution in [1.82, 2.24) is 4.90 Å². The van der Waals surface area contributed by atoms with Crippen LogP contribution in [-0.2, 0) is 9.53 Å². The van der Waals surface area contributed by atoms with Crippen LogP contribution in [0.1, 0.15) is 58.8 Å². The van der Waals surface area contributed by atoms with Gasteiger partial charge in [-0.3, -0.25) is 4.79 Å². The van der Waals surface area contributed by atoms with E-state index in [4.69, 9.17) is 9.47 Å². The zero-order chi connectivity index (χ0) is 20.7. The van der Waals surface area contributed by atoms with Crippen LogP contribution in [0.3, 0.4) is 0 Å². The molecule has 2 aliphatic rings. The van der Waals surface area contributed by atoms with Crippen LogP contribution in [-0.4, -0.2) is 49.8 Å². The molecule has 0 radical (unpaired) electrons. The van der Waals surface area contributed by atoms with E-state index < -0.39 is 5.60 Å². The highest BCUT2D eigenvalue weighted by molar-refractivity contribution is 5.97. The Hall–Kier alpha value is -1.59. The summed E-state index contributed by atoms with van der Waals surface area (Å²) < 4.78 is 11.6. The molecule has 1 aliphatic carbocycles. The maximum atomic E-state index is 12.8. The quantitative estimate of drug-likeness (QED) is 0.639. The first-order chi connectivity index (χ1) is 14.0. The first-order valence-electron chi connectivity index (χ1n) is 11.3. The minimum absolute atomic E-state index is 0.0312. The third kappa shape index (κ3) is 6.19. The number of ether oxygens (including phenoxy) is 2. The molecule has 1 aromatic rings. The predicted octanol–water partition coefficient (Wildman–Crippen LogP) is 4.72. The Balaban J connectivity index is 1.42. The largest absolute Gasteiger partial charge is 0.494 e. The maximum Gasteiger partial charge on any atom is 0.256 e. The van der Waals surface area contributed by atoms with Crippen LogP contribution in [0.15, 0.2) is 24.3 Å². The van der Waals surface area contributed by atoms with Gasteiger partial charge in [0.05, 0.1) is 6.61 Å². The van der Waals surface area contributed by atoms with Gasteiger partial charge in [-0.05, 0) is 87.6 Å². The summed E-state index contributed by atoms with van der Waals surface area (Å²) in [6, 6.07) is 7.69. The lowest BCUT2D eigenvalue weighted by atomic mass is 9.79. The number of carbonyl (C=O) groups is 1. The fourth-order valence-electron chi connectivity index (χ4n) is 4.60. The number of rotatable bonds is 8. The van der Waals surface area contributed by atoms with Crippen molar-refractivity contribution in [3.63, 3.8) is 0 Å². The molecule has 5 heteroatoms. The standard InChI is InChI=1S/C24H38N2O3/c1-19-11-13-24(28-3,14-12-19)23(27)25-21-7-9-22(10-8-21)29-17-5-16-26-15-4-6-20(2)18-26/h7-10,19-20H,4-6,11-18H2,1-3H3,(H,25,27). The van der Waals surface area contributed by atoms with Gasteiger partial charge in [0, 0.05) is 25.9 Å². The predicted molar refractivity (Wildman–Crippen MR) is 117 cm³/mol. The van der Waals surface area contributed by atoms with E-state index in [2.05, 4.69) is 24.1 Å². The van der Waals surface area contributed by atoms with Gasteiger partial charge in [-0.2, -0.15) is 0 Å². The van der Waals surface area contributed by atoms with Crippen LogP contribution in [0.25, 0.3) is 0 Å². The molecular formula is C24H38N2O3. The molecule has 1 atom stereocenters. The Morgan fingerprint density at radius 1 is 1.14 bits per heavy atom. The van der Waals surface area contributed by atoms with Crippen LogP contribution in [0.4, 0.5) is 5.69 Å². The lowest BCUT2D eigenvalue weighted by Crippen LogP contribution is -2.47. The van der Waals surface area contributed by atoms with Gasteiger partial charge in [0.2, 0.25) is 0 Å². The summed E-state index contributed by atoms with van der Waals surface area (Å²) in [6.07, 6.45) is 7.36. The summed E-state index contributed by atoms with van der Waals surface area (Å²) in [5.41, 5.74) is 0.105. The molecule has 0 spiro atoms. The fraction of sp³-hybridized carbons (Fsp3) is 0.708. The minimum Gasteiger partial charge on any atom is -0.494 e. The number of nitrogens with zero attached hydrogens (tertiary/aromatic N) is 1. The van der Waals surface area contributed by atoms with Crippen molar-refractivity contribution in [2.24, 2.45) is 11.8 Å². The molecule has 0 aromatic heterocycles. The van der Waals surface area contributed by atoms with Crippen molar-refractivity contribution < 1.29 is 14.3 Å². The van der Waals surface area contributed by atoms with Gasteiger partial charge in [0.15, 0.2) is 0 Å². The molecule has 2 fully saturated rings. The van der Waals surface area contributed by atoms with Gasteiger partial charge in [0.1, 0.15) is 11.4 Å². The van der Waals surface area contributed by atoms with Gasteiger partial charge in [0.25, 0.3) is 5.91 Å². The molecule has 1 aromatic carbocycles. The molecule has 1 saturated heterocycles. The summed E-state index contributed by atoms with van der Waals surface area (Å²) in [7, 11) is 1.65. The average molecular weight is 403 g/mol. The molecule has 1 amide bonds. The summed E-state index contributed by atoms with van der Waals surface area (Å²) in [5, 5.41) is 3.03. The Kier molecular flexibility index (Phi) is 7.96. The van der Waals surface area contributed by atoms with Gasteiger partial charge in [-0.25, -0.2) is 0 Å². The Bertz CT molecular complexity index is 638. The smallest absolute Gasteiger partial charge is 0.256 e. The molecule has 3 rings (SSSR count). The van der Waals surface area contributed by atoms with E-state index in [1.165, 1.54) is 25.9 Å². The third-order valence-corrected chi connectivity index (χ3v) is 6.63. The minimum atomic E-state index is -0.687. The Labute approximate surface area is 176 Å². The zero-order valence-corrected chi connectivity index (χ0v) is 18.4. The van der Waals surface area contributed by atoms with Crippen molar-refractivity contribution >= 4 is 11.6 Å². The van der Waals surface area contributed by atoms with Crippen molar-refractivity contribution in [2.75, 3.05) is 38.7 Å². The number of hydrogen-bond donors (Lipinski definition) is 1. The van der Waals surface area contributed by atoms with Crippen molar-refractivity contribution in [3.05, 3.63) is 24.3 Å². The van der Waals surface area contributed by atoms with Crippen molar-refractivity contribution in [2.45, 2.75) is 64.4 Å². The molecular weight excluding hydrogens is 364 g/mol. The van der Waals surface area contributed by atoms with E-state index in [1.807, 2.05) is 24.3 Å². The highest BCUT2D eigenvalue weighted by atomic mass is 16.5. The molecule has 0 bridgehead atoms. The maximum absolute atomic E-state index is 12.8. The molecule has 162 valence electrons. The van der Waals surface area contributed by atoms with E-state index in [-0.39, 0.29) is 5.91 Å². The highest BCUT2D eigenvalue weighted by Crippen LogP contribution is 2.35. The average Bonchev–Trinajstić information content (AvgIpc) is 2.73. The zero-order valence-electron chi connectivity index (χ0n) is 18.4. The van der Waals surface area contributed by atoms with E-state index >= 15 is 0 Å². The van der Waals surface area contributed by atoms with Crippen LogP contribution in [0.2, 0.25) is 0 Å². The summed E-state index contributed by atoms with van der Waals surface area (Å²) in [5.74, 6) is 2.31. The van der Waals surface area contributed by atoms with Crippen LogP contribution < -0.4 is 10.1 Å². The molecule has 29 heavy (non-hydrogen) atoms. The van der Waals surface area contributed by atoms with E-state index in [1.54, 1.807) is 7.11 Å². The number of benzene rings is 1.